The molecule has 0 unspecified atom stereocenters. The lowest BCUT2D eigenvalue weighted by atomic mass is 10.1. The van der Waals surface area contributed by atoms with Gasteiger partial charge in [0.2, 0.25) is 0 Å². The number of amides is 1. The van der Waals surface area contributed by atoms with Crippen LogP contribution >= 0.6 is 0 Å². The molecule has 0 aliphatic rings. The average Bonchev–Trinajstić information content (AvgIpc) is 2.53. The van der Waals surface area contributed by atoms with Crippen LogP contribution in [0.2, 0.25) is 0 Å². The Balaban J connectivity index is 1.97. The summed E-state index contributed by atoms with van der Waals surface area (Å²) in [6.45, 7) is 3.13. The minimum Gasteiger partial charge on any atom is -0.370 e. The van der Waals surface area contributed by atoms with Gasteiger partial charge in [-0.3, -0.25) is 4.79 Å². The second-order valence-corrected chi connectivity index (χ2v) is 4.43. The highest BCUT2D eigenvalue weighted by Crippen LogP contribution is 2.06. The van der Waals surface area contributed by atoms with E-state index in [1.54, 1.807) is 24.3 Å². The number of rotatable bonds is 5. The van der Waals surface area contributed by atoms with Crippen LogP contribution in [-0.2, 0) is 6.54 Å². The van der Waals surface area contributed by atoms with Crippen LogP contribution < -0.4 is 10.6 Å². The monoisotopic (exact) mass is 280 g/mol. The number of nitrogens with zero attached hydrogens (tertiary/aromatic N) is 2. The van der Waals surface area contributed by atoms with Crippen molar-refractivity contribution < 1.29 is 4.79 Å². The first kappa shape index (κ1) is 14.5. The van der Waals surface area contributed by atoms with Crippen molar-refractivity contribution >= 4 is 11.7 Å². The van der Waals surface area contributed by atoms with Crippen molar-refractivity contribution in [3.05, 3.63) is 59.3 Å². The first-order chi connectivity index (χ1) is 10.2. The number of aromatic nitrogens is 1. The lowest BCUT2D eigenvalue weighted by molar-refractivity contribution is 0.0946. The van der Waals surface area contributed by atoms with Gasteiger partial charge in [0.05, 0.1) is 11.6 Å². The van der Waals surface area contributed by atoms with Crippen molar-refractivity contribution in [2.75, 3.05) is 11.9 Å². The van der Waals surface area contributed by atoms with Crippen LogP contribution in [0.5, 0.6) is 0 Å². The second-order valence-electron chi connectivity index (χ2n) is 4.43. The zero-order valence-electron chi connectivity index (χ0n) is 11.8. The highest BCUT2D eigenvalue weighted by Gasteiger charge is 2.07. The largest absolute Gasteiger partial charge is 0.370 e. The normalized spacial score (nSPS) is 9.71. The summed E-state index contributed by atoms with van der Waals surface area (Å²) in [5, 5.41) is 14.6. The molecule has 0 fully saturated rings. The molecule has 2 N–H and O–H groups in total. The van der Waals surface area contributed by atoms with Crippen LogP contribution in [0, 0.1) is 11.3 Å². The summed E-state index contributed by atoms with van der Waals surface area (Å²) < 4.78 is 0. The molecule has 0 saturated carbocycles. The van der Waals surface area contributed by atoms with Gasteiger partial charge in [0, 0.05) is 13.1 Å². The average molecular weight is 280 g/mol. The van der Waals surface area contributed by atoms with Crippen molar-refractivity contribution in [2.45, 2.75) is 13.5 Å². The van der Waals surface area contributed by atoms with E-state index in [-0.39, 0.29) is 5.91 Å². The number of pyridine rings is 1. The molecule has 1 heterocycles. The number of hydrogen-bond acceptors (Lipinski definition) is 4. The first-order valence-electron chi connectivity index (χ1n) is 6.71. The third-order valence-corrected chi connectivity index (χ3v) is 2.88. The Hall–Kier alpha value is -2.87. The van der Waals surface area contributed by atoms with Crippen molar-refractivity contribution in [2.24, 2.45) is 0 Å². The molecule has 2 aromatic rings. The fourth-order valence-electron chi connectivity index (χ4n) is 1.81. The molecule has 1 amide bonds. The molecule has 0 bridgehead atoms. The van der Waals surface area contributed by atoms with Crippen molar-refractivity contribution in [1.29, 1.82) is 5.26 Å². The van der Waals surface area contributed by atoms with Crippen LogP contribution in [0.25, 0.3) is 0 Å². The fraction of sp³-hybridized carbons (Fsp3) is 0.188. The standard InChI is InChI=1S/C16H16N4O/c1-2-18-15-5-3-4-14(20-15)16(21)19-11-13-8-6-12(10-17)7-9-13/h3-9H,2,11H2,1H3,(H,18,20)(H,19,21). The van der Waals surface area contributed by atoms with Crippen molar-refractivity contribution in [3.63, 3.8) is 0 Å². The molecule has 2 rings (SSSR count). The van der Waals surface area contributed by atoms with Gasteiger partial charge in [0.25, 0.3) is 5.91 Å². The van der Waals surface area contributed by atoms with E-state index in [1.165, 1.54) is 0 Å². The van der Waals surface area contributed by atoms with Crippen LogP contribution in [0.3, 0.4) is 0 Å². The van der Waals surface area contributed by atoms with Gasteiger partial charge in [-0.15, -0.1) is 0 Å². The number of benzene rings is 1. The molecule has 1 aromatic heterocycles. The first-order valence-corrected chi connectivity index (χ1v) is 6.71. The van der Waals surface area contributed by atoms with Crippen LogP contribution in [0.1, 0.15) is 28.5 Å². The Kier molecular flexibility index (Phi) is 4.89. The Labute approximate surface area is 123 Å². The second kappa shape index (κ2) is 7.06. The third kappa shape index (κ3) is 4.05. The lowest BCUT2D eigenvalue weighted by Gasteiger charge is -2.07. The molecular formula is C16H16N4O. The van der Waals surface area contributed by atoms with Crippen molar-refractivity contribution in [3.8, 4) is 6.07 Å². The molecule has 0 aliphatic carbocycles. The summed E-state index contributed by atoms with van der Waals surface area (Å²) in [6, 6.07) is 14.4. The maximum atomic E-state index is 12.0. The van der Waals surface area contributed by atoms with E-state index < -0.39 is 0 Å². The molecule has 21 heavy (non-hydrogen) atoms. The maximum Gasteiger partial charge on any atom is 0.270 e. The number of carbonyl (C=O) groups is 1. The van der Waals surface area contributed by atoms with Gasteiger partial charge in [-0.1, -0.05) is 18.2 Å². The Morgan fingerprint density at radius 2 is 2.00 bits per heavy atom. The van der Waals surface area contributed by atoms with E-state index >= 15 is 0 Å². The molecule has 1 aromatic carbocycles. The zero-order valence-corrected chi connectivity index (χ0v) is 11.8. The molecular weight excluding hydrogens is 264 g/mol. The van der Waals surface area contributed by atoms with Gasteiger partial charge in [-0.2, -0.15) is 5.26 Å². The summed E-state index contributed by atoms with van der Waals surface area (Å²) in [6.07, 6.45) is 0. The van der Waals surface area contributed by atoms with Gasteiger partial charge >= 0.3 is 0 Å². The fourth-order valence-corrected chi connectivity index (χ4v) is 1.81. The Morgan fingerprint density at radius 1 is 1.24 bits per heavy atom. The van der Waals surface area contributed by atoms with Crippen LogP contribution in [-0.4, -0.2) is 17.4 Å². The third-order valence-electron chi connectivity index (χ3n) is 2.88. The minimum atomic E-state index is -0.223. The van der Waals surface area contributed by atoms with Gasteiger partial charge in [-0.05, 0) is 36.8 Å². The summed E-state index contributed by atoms with van der Waals surface area (Å²) in [4.78, 5) is 16.3. The van der Waals surface area contributed by atoms with Gasteiger partial charge < -0.3 is 10.6 Å². The number of anilines is 1. The summed E-state index contributed by atoms with van der Waals surface area (Å²) in [5.41, 5.74) is 1.91. The predicted molar refractivity (Wildman–Crippen MR) is 80.7 cm³/mol. The van der Waals surface area contributed by atoms with E-state index in [0.29, 0.717) is 23.6 Å². The number of nitriles is 1. The quantitative estimate of drug-likeness (QED) is 0.881. The van der Waals surface area contributed by atoms with E-state index in [2.05, 4.69) is 21.7 Å². The summed E-state index contributed by atoms with van der Waals surface area (Å²) >= 11 is 0. The minimum absolute atomic E-state index is 0.223. The molecule has 0 atom stereocenters. The molecule has 0 radical (unpaired) electrons. The van der Waals surface area contributed by atoms with E-state index in [9.17, 15) is 4.79 Å². The number of hydrogen-bond donors (Lipinski definition) is 2. The van der Waals surface area contributed by atoms with Gasteiger partial charge in [0.1, 0.15) is 11.5 Å². The van der Waals surface area contributed by atoms with Gasteiger partial charge in [-0.25, -0.2) is 4.98 Å². The number of nitrogens with one attached hydrogen (secondary N) is 2. The predicted octanol–water partition coefficient (Wildman–Crippen LogP) is 2.32. The number of carbonyl (C=O) groups excluding carboxylic acids is 1. The SMILES string of the molecule is CCNc1cccc(C(=O)NCc2ccc(C#N)cc2)n1. The Morgan fingerprint density at radius 3 is 2.67 bits per heavy atom. The lowest BCUT2D eigenvalue weighted by Crippen LogP contribution is -2.24. The molecule has 5 heteroatoms. The zero-order chi connectivity index (χ0) is 15.1. The molecule has 0 saturated heterocycles. The molecule has 0 aliphatic heterocycles. The Bertz CT molecular complexity index is 659. The van der Waals surface area contributed by atoms with Crippen LogP contribution in [0.15, 0.2) is 42.5 Å². The maximum absolute atomic E-state index is 12.0. The topological polar surface area (TPSA) is 77.8 Å². The van der Waals surface area contributed by atoms with Crippen LogP contribution in [0.4, 0.5) is 5.82 Å². The highest BCUT2D eigenvalue weighted by molar-refractivity contribution is 5.92. The van der Waals surface area contributed by atoms with Crippen molar-refractivity contribution in [1.82, 2.24) is 10.3 Å². The smallest absolute Gasteiger partial charge is 0.270 e. The molecule has 106 valence electrons. The van der Waals surface area contributed by atoms with E-state index in [1.807, 2.05) is 25.1 Å². The molecule has 0 spiro atoms. The van der Waals surface area contributed by atoms with E-state index in [4.69, 9.17) is 5.26 Å². The highest BCUT2D eigenvalue weighted by atomic mass is 16.1. The van der Waals surface area contributed by atoms with Gasteiger partial charge in [0.15, 0.2) is 0 Å². The molecule has 5 nitrogen and oxygen atoms in total. The summed E-state index contributed by atoms with van der Waals surface area (Å²) in [7, 11) is 0. The van der Waals surface area contributed by atoms with E-state index in [0.717, 1.165) is 12.1 Å². The summed E-state index contributed by atoms with van der Waals surface area (Å²) in [5.74, 6) is 0.461.